The van der Waals surface area contributed by atoms with Crippen LogP contribution in [0.3, 0.4) is 0 Å². The van der Waals surface area contributed by atoms with E-state index < -0.39 is 11.9 Å². The van der Waals surface area contributed by atoms with Crippen molar-refractivity contribution in [1.29, 1.82) is 10.5 Å². The average molecular weight is 152 g/mol. The molecule has 0 heterocycles. The summed E-state index contributed by atoms with van der Waals surface area (Å²) in [7, 11) is 0. The maximum atomic E-state index is 10.8. The summed E-state index contributed by atoms with van der Waals surface area (Å²) in [5.41, 5.74) is 0. The third-order valence-corrected chi connectivity index (χ3v) is 1.02. The molecular formula is C7H8N2O2. The fourth-order valence-corrected chi connectivity index (χ4v) is 0.516. The van der Waals surface area contributed by atoms with E-state index >= 15 is 0 Å². The van der Waals surface area contributed by atoms with Crippen LogP contribution in [0.1, 0.15) is 13.3 Å². The molecule has 0 rings (SSSR count). The van der Waals surface area contributed by atoms with E-state index in [9.17, 15) is 4.79 Å². The SMILES string of the molecule is CCOC(=O)[C@H](C#N)CC#N. The van der Waals surface area contributed by atoms with E-state index in [1.54, 1.807) is 19.1 Å². The lowest BCUT2D eigenvalue weighted by Gasteiger charge is -2.02. The molecule has 0 aliphatic carbocycles. The lowest BCUT2D eigenvalue weighted by atomic mass is 10.1. The summed E-state index contributed by atoms with van der Waals surface area (Å²) in [5, 5.41) is 16.5. The Labute approximate surface area is 65.0 Å². The molecule has 0 saturated carbocycles. The Morgan fingerprint density at radius 3 is 2.64 bits per heavy atom. The van der Waals surface area contributed by atoms with E-state index in [1.807, 2.05) is 0 Å². The lowest BCUT2D eigenvalue weighted by molar-refractivity contribution is -0.145. The highest BCUT2D eigenvalue weighted by atomic mass is 16.5. The van der Waals surface area contributed by atoms with Crippen LogP contribution in [0.15, 0.2) is 0 Å². The number of ether oxygens (including phenoxy) is 1. The van der Waals surface area contributed by atoms with Gasteiger partial charge < -0.3 is 4.74 Å². The van der Waals surface area contributed by atoms with Crippen molar-refractivity contribution in [2.75, 3.05) is 6.61 Å². The summed E-state index contributed by atoms with van der Waals surface area (Å²) < 4.78 is 4.53. The number of esters is 1. The highest BCUT2D eigenvalue weighted by Gasteiger charge is 2.17. The van der Waals surface area contributed by atoms with Gasteiger partial charge >= 0.3 is 5.97 Å². The van der Waals surface area contributed by atoms with E-state index in [2.05, 4.69) is 4.74 Å². The van der Waals surface area contributed by atoms with Crippen LogP contribution in [0, 0.1) is 28.6 Å². The van der Waals surface area contributed by atoms with Gasteiger partial charge in [0.2, 0.25) is 0 Å². The molecule has 0 aliphatic rings. The summed E-state index contributed by atoms with van der Waals surface area (Å²) in [6, 6.07) is 3.43. The Bertz CT molecular complexity index is 211. The molecule has 0 N–H and O–H groups in total. The highest BCUT2D eigenvalue weighted by molar-refractivity contribution is 5.75. The average Bonchev–Trinajstić information content (AvgIpc) is 2.00. The summed E-state index contributed by atoms with van der Waals surface area (Å²) in [6.45, 7) is 1.89. The van der Waals surface area contributed by atoms with Crippen LogP contribution < -0.4 is 0 Å². The first-order valence-corrected chi connectivity index (χ1v) is 3.19. The van der Waals surface area contributed by atoms with Crippen molar-refractivity contribution in [1.82, 2.24) is 0 Å². The molecule has 0 unspecified atom stereocenters. The van der Waals surface area contributed by atoms with Crippen molar-refractivity contribution in [3.05, 3.63) is 0 Å². The van der Waals surface area contributed by atoms with Gasteiger partial charge in [0, 0.05) is 0 Å². The van der Waals surface area contributed by atoms with Gasteiger partial charge in [-0.15, -0.1) is 0 Å². The smallest absolute Gasteiger partial charge is 0.324 e. The molecule has 58 valence electrons. The Morgan fingerprint density at radius 2 is 2.27 bits per heavy atom. The summed E-state index contributed by atoms with van der Waals surface area (Å²) >= 11 is 0. The Morgan fingerprint density at radius 1 is 1.64 bits per heavy atom. The van der Waals surface area contributed by atoms with E-state index in [1.165, 1.54) is 0 Å². The molecule has 0 aliphatic heterocycles. The zero-order chi connectivity index (χ0) is 8.69. The number of nitriles is 2. The number of hydrogen-bond acceptors (Lipinski definition) is 4. The van der Waals surface area contributed by atoms with E-state index in [0.29, 0.717) is 0 Å². The Hall–Kier alpha value is -1.55. The van der Waals surface area contributed by atoms with Gasteiger partial charge in [0.15, 0.2) is 5.92 Å². The summed E-state index contributed by atoms with van der Waals surface area (Å²) in [4.78, 5) is 10.8. The zero-order valence-electron chi connectivity index (χ0n) is 6.20. The second-order valence-electron chi connectivity index (χ2n) is 1.80. The van der Waals surface area contributed by atoms with Crippen LogP contribution >= 0.6 is 0 Å². The third-order valence-electron chi connectivity index (χ3n) is 1.02. The van der Waals surface area contributed by atoms with Crippen molar-refractivity contribution in [2.24, 2.45) is 5.92 Å². The first-order chi connectivity index (χ1) is 5.26. The second kappa shape index (κ2) is 5.25. The van der Waals surface area contributed by atoms with Crippen molar-refractivity contribution in [3.63, 3.8) is 0 Å². The third kappa shape index (κ3) is 3.22. The topological polar surface area (TPSA) is 73.9 Å². The monoisotopic (exact) mass is 152 g/mol. The number of rotatable bonds is 3. The summed E-state index contributed by atoms with van der Waals surface area (Å²) in [5.74, 6) is -1.54. The second-order valence-corrected chi connectivity index (χ2v) is 1.80. The van der Waals surface area contributed by atoms with Crippen LogP contribution in [0.25, 0.3) is 0 Å². The first-order valence-electron chi connectivity index (χ1n) is 3.19. The molecule has 0 fully saturated rings. The minimum atomic E-state index is -0.931. The fraction of sp³-hybridized carbons (Fsp3) is 0.571. The number of nitrogens with zero attached hydrogens (tertiary/aromatic N) is 2. The molecule has 0 spiro atoms. The first kappa shape index (κ1) is 9.45. The van der Waals surface area contributed by atoms with E-state index in [4.69, 9.17) is 10.5 Å². The predicted octanol–water partition coefficient (Wildman–Crippen LogP) is 0.603. The molecule has 0 aromatic heterocycles. The van der Waals surface area contributed by atoms with Gasteiger partial charge in [0.25, 0.3) is 0 Å². The van der Waals surface area contributed by atoms with Gasteiger partial charge in [0.05, 0.1) is 25.2 Å². The number of carbonyl (C=O) groups is 1. The van der Waals surface area contributed by atoms with Gasteiger partial charge in [-0.25, -0.2) is 0 Å². The van der Waals surface area contributed by atoms with Gasteiger partial charge in [-0.1, -0.05) is 0 Å². The van der Waals surface area contributed by atoms with Crippen molar-refractivity contribution >= 4 is 5.97 Å². The van der Waals surface area contributed by atoms with Gasteiger partial charge in [-0.2, -0.15) is 10.5 Å². The van der Waals surface area contributed by atoms with Gasteiger partial charge in [-0.05, 0) is 6.92 Å². The maximum absolute atomic E-state index is 10.8. The molecule has 1 atom stereocenters. The largest absolute Gasteiger partial charge is 0.465 e. The molecule has 0 amide bonds. The molecular weight excluding hydrogens is 144 g/mol. The fourth-order valence-electron chi connectivity index (χ4n) is 0.516. The van der Waals surface area contributed by atoms with Crippen LogP contribution in [-0.4, -0.2) is 12.6 Å². The summed E-state index contributed by atoms with van der Waals surface area (Å²) in [6.07, 6.45) is -0.102. The minimum Gasteiger partial charge on any atom is -0.465 e. The standard InChI is InChI=1S/C7H8N2O2/c1-2-11-7(10)6(5-9)3-4-8/h6H,2-3H2,1H3/t6-/m0/s1. The van der Waals surface area contributed by atoms with Crippen molar-refractivity contribution < 1.29 is 9.53 Å². The molecule has 4 heteroatoms. The minimum absolute atomic E-state index is 0.102. The quantitative estimate of drug-likeness (QED) is 0.555. The van der Waals surface area contributed by atoms with Crippen LogP contribution in [0.4, 0.5) is 0 Å². The normalized spacial score (nSPS) is 10.8. The number of carbonyl (C=O) groups excluding carboxylic acids is 1. The zero-order valence-corrected chi connectivity index (χ0v) is 6.20. The Kier molecular flexibility index (Phi) is 4.51. The predicted molar refractivity (Wildman–Crippen MR) is 36.0 cm³/mol. The van der Waals surface area contributed by atoms with E-state index in [0.717, 1.165) is 0 Å². The molecule has 11 heavy (non-hydrogen) atoms. The van der Waals surface area contributed by atoms with Gasteiger partial charge in [-0.3, -0.25) is 4.79 Å². The molecule has 0 bridgehead atoms. The number of hydrogen-bond donors (Lipinski definition) is 0. The van der Waals surface area contributed by atoms with Crippen molar-refractivity contribution in [2.45, 2.75) is 13.3 Å². The van der Waals surface area contributed by atoms with Gasteiger partial charge in [0.1, 0.15) is 0 Å². The molecule has 4 nitrogen and oxygen atoms in total. The maximum Gasteiger partial charge on any atom is 0.324 e. The van der Waals surface area contributed by atoms with E-state index in [-0.39, 0.29) is 13.0 Å². The molecule has 0 aromatic rings. The molecule has 0 radical (unpaired) electrons. The highest BCUT2D eigenvalue weighted by Crippen LogP contribution is 2.02. The molecule has 0 saturated heterocycles. The van der Waals surface area contributed by atoms with Crippen LogP contribution in [0.5, 0.6) is 0 Å². The Balaban J connectivity index is 3.97. The van der Waals surface area contributed by atoms with Crippen LogP contribution in [0.2, 0.25) is 0 Å². The molecule has 0 aromatic carbocycles. The lowest BCUT2D eigenvalue weighted by Crippen LogP contribution is -2.15. The van der Waals surface area contributed by atoms with Crippen molar-refractivity contribution in [3.8, 4) is 12.1 Å². The van der Waals surface area contributed by atoms with Crippen LogP contribution in [-0.2, 0) is 9.53 Å².